The summed E-state index contributed by atoms with van der Waals surface area (Å²) < 4.78 is 0. The zero-order valence-electron chi connectivity index (χ0n) is 14.0. The van der Waals surface area contributed by atoms with Crippen LogP contribution in [0.2, 0.25) is 0 Å². The summed E-state index contributed by atoms with van der Waals surface area (Å²) in [6.07, 6.45) is 0. The number of aryl methyl sites for hydroxylation is 2. The smallest absolute Gasteiger partial charge is 0.0456 e. The molecule has 0 nitrogen and oxygen atoms in total. The molecule has 2 aromatic carbocycles. The Balaban J connectivity index is 2.36. The maximum Gasteiger partial charge on any atom is 0.0456 e. The van der Waals surface area contributed by atoms with Gasteiger partial charge in [0.05, 0.1) is 0 Å². The third-order valence-corrected chi connectivity index (χ3v) is 6.43. The maximum absolute atomic E-state index is 2.31. The van der Waals surface area contributed by atoms with E-state index in [1.165, 1.54) is 22.3 Å². The molecule has 0 N–H and O–H groups in total. The molecule has 0 unspecified atom stereocenters. The van der Waals surface area contributed by atoms with E-state index in [1.807, 2.05) is 0 Å². The van der Waals surface area contributed by atoms with Gasteiger partial charge in [-0.1, -0.05) is 73.5 Å². The van der Waals surface area contributed by atoms with Crippen molar-refractivity contribution in [1.82, 2.24) is 0 Å². The van der Waals surface area contributed by atoms with Crippen molar-refractivity contribution < 1.29 is 0 Å². The summed E-state index contributed by atoms with van der Waals surface area (Å²) in [5.74, 6) is 2.29. The van der Waals surface area contributed by atoms with E-state index >= 15 is 0 Å². The molecule has 2 rings (SSSR count). The fourth-order valence-electron chi connectivity index (χ4n) is 2.59. The molecule has 2 atom stereocenters. The molecule has 0 amide bonds. The highest BCUT2D eigenvalue weighted by molar-refractivity contribution is 8.03. The fourth-order valence-corrected chi connectivity index (χ4v) is 5.14. The fraction of sp³-hybridized carbons (Fsp3) is 0.400. The van der Waals surface area contributed by atoms with Gasteiger partial charge < -0.3 is 0 Å². The van der Waals surface area contributed by atoms with Crippen molar-refractivity contribution in [3.05, 3.63) is 70.8 Å². The van der Waals surface area contributed by atoms with Gasteiger partial charge in [-0.05, 0) is 36.5 Å². The van der Waals surface area contributed by atoms with Crippen LogP contribution in [0.5, 0.6) is 0 Å². The van der Waals surface area contributed by atoms with Crippen LogP contribution >= 0.6 is 23.5 Å². The van der Waals surface area contributed by atoms with E-state index in [4.69, 9.17) is 0 Å². The van der Waals surface area contributed by atoms with E-state index in [2.05, 4.69) is 99.7 Å². The highest BCUT2D eigenvalue weighted by Gasteiger charge is 2.24. The van der Waals surface area contributed by atoms with Gasteiger partial charge in [0.15, 0.2) is 0 Å². The highest BCUT2D eigenvalue weighted by Crippen LogP contribution is 2.47. The van der Waals surface area contributed by atoms with E-state index in [-0.39, 0.29) is 0 Å². The van der Waals surface area contributed by atoms with Crippen molar-refractivity contribution in [2.75, 3.05) is 11.5 Å². The normalized spacial score (nSPS) is 13.8. The minimum Gasteiger partial charge on any atom is -0.153 e. The largest absolute Gasteiger partial charge is 0.153 e. The summed E-state index contributed by atoms with van der Waals surface area (Å²) in [5, 5.41) is 1.02. The summed E-state index contributed by atoms with van der Waals surface area (Å²) in [6, 6.07) is 18.2. The predicted molar refractivity (Wildman–Crippen MR) is 104 cm³/mol. The molecule has 2 aromatic rings. The number of hydrogen-bond donors (Lipinski definition) is 0. The van der Waals surface area contributed by atoms with Crippen LogP contribution in [0.1, 0.15) is 46.6 Å². The molecule has 0 spiro atoms. The summed E-state index contributed by atoms with van der Waals surface area (Å²) >= 11 is 4.12. The Labute approximate surface area is 144 Å². The summed E-state index contributed by atoms with van der Waals surface area (Å²) in [4.78, 5) is 0. The van der Waals surface area contributed by atoms with Crippen LogP contribution in [-0.2, 0) is 0 Å². The minimum atomic E-state index is 0.512. The van der Waals surface area contributed by atoms with Gasteiger partial charge in [-0.15, -0.1) is 0 Å². The summed E-state index contributed by atoms with van der Waals surface area (Å²) in [6.45, 7) is 8.83. The average molecular weight is 331 g/mol. The van der Waals surface area contributed by atoms with Crippen LogP contribution in [0.15, 0.2) is 48.5 Å². The first-order valence-electron chi connectivity index (χ1n) is 8.02. The average Bonchev–Trinajstić information content (AvgIpc) is 2.53. The van der Waals surface area contributed by atoms with Crippen molar-refractivity contribution in [2.45, 2.75) is 38.2 Å². The van der Waals surface area contributed by atoms with Crippen LogP contribution in [0, 0.1) is 13.8 Å². The predicted octanol–water partition coefficient (Wildman–Crippen LogP) is 6.59. The Kier molecular flexibility index (Phi) is 6.91. The van der Waals surface area contributed by atoms with Crippen molar-refractivity contribution in [1.29, 1.82) is 0 Å². The lowest BCUT2D eigenvalue weighted by molar-refractivity contribution is 0.903. The first-order valence-corrected chi connectivity index (χ1v) is 10.1. The van der Waals surface area contributed by atoms with E-state index in [0.717, 1.165) is 11.5 Å². The zero-order chi connectivity index (χ0) is 15.9. The monoisotopic (exact) mass is 330 g/mol. The quantitative estimate of drug-likeness (QED) is 0.561. The van der Waals surface area contributed by atoms with Crippen molar-refractivity contribution in [3.63, 3.8) is 0 Å². The maximum atomic E-state index is 2.31. The topological polar surface area (TPSA) is 0 Å². The molecule has 22 heavy (non-hydrogen) atoms. The SMILES string of the molecule is CCS[C@H](c1ccc(C)cc1)[C@@H](SCC)c1ccc(C)cc1. The van der Waals surface area contributed by atoms with E-state index in [9.17, 15) is 0 Å². The molecule has 2 heteroatoms. The third kappa shape index (κ3) is 4.57. The van der Waals surface area contributed by atoms with Crippen LogP contribution < -0.4 is 0 Å². The number of benzene rings is 2. The molecular weight excluding hydrogens is 304 g/mol. The second-order valence-electron chi connectivity index (χ2n) is 5.57. The standard InChI is InChI=1S/C20H26S2/c1-5-21-19(17-11-7-15(3)8-12-17)20(22-6-2)18-13-9-16(4)10-14-18/h7-14,19-20H,5-6H2,1-4H3/t19-,20+. The van der Waals surface area contributed by atoms with Gasteiger partial charge in [0.1, 0.15) is 0 Å². The Morgan fingerprint density at radius 3 is 1.23 bits per heavy atom. The molecule has 118 valence electrons. The minimum absolute atomic E-state index is 0.512. The van der Waals surface area contributed by atoms with Gasteiger partial charge >= 0.3 is 0 Å². The van der Waals surface area contributed by atoms with E-state index < -0.39 is 0 Å². The highest BCUT2D eigenvalue weighted by atomic mass is 32.2. The van der Waals surface area contributed by atoms with Crippen LogP contribution in [0.25, 0.3) is 0 Å². The molecule has 0 heterocycles. The Morgan fingerprint density at radius 1 is 0.636 bits per heavy atom. The molecule has 0 saturated carbocycles. The molecule has 0 bridgehead atoms. The van der Waals surface area contributed by atoms with Crippen molar-refractivity contribution in [2.24, 2.45) is 0 Å². The van der Waals surface area contributed by atoms with Crippen molar-refractivity contribution >= 4 is 23.5 Å². The molecule has 0 aliphatic heterocycles. The van der Waals surface area contributed by atoms with E-state index in [1.54, 1.807) is 0 Å². The molecule has 0 fully saturated rings. The number of rotatable bonds is 7. The third-order valence-electron chi connectivity index (χ3n) is 3.78. The lowest BCUT2D eigenvalue weighted by atomic mass is 10.0. The zero-order valence-corrected chi connectivity index (χ0v) is 15.6. The van der Waals surface area contributed by atoms with E-state index in [0.29, 0.717) is 10.5 Å². The van der Waals surface area contributed by atoms with Gasteiger partial charge in [-0.2, -0.15) is 23.5 Å². The summed E-state index contributed by atoms with van der Waals surface area (Å²) in [7, 11) is 0. The number of hydrogen-bond acceptors (Lipinski definition) is 2. The molecular formula is C20H26S2. The first kappa shape index (κ1) is 17.5. The van der Waals surface area contributed by atoms with Crippen molar-refractivity contribution in [3.8, 4) is 0 Å². The van der Waals surface area contributed by atoms with Crippen LogP contribution in [-0.4, -0.2) is 11.5 Å². The Bertz CT molecular complexity index is 504. The van der Waals surface area contributed by atoms with Gasteiger partial charge in [0, 0.05) is 10.5 Å². The second kappa shape index (κ2) is 8.69. The lowest BCUT2D eigenvalue weighted by Gasteiger charge is -2.27. The molecule has 0 radical (unpaired) electrons. The van der Waals surface area contributed by atoms with Crippen LogP contribution in [0.4, 0.5) is 0 Å². The van der Waals surface area contributed by atoms with Gasteiger partial charge in [0.25, 0.3) is 0 Å². The van der Waals surface area contributed by atoms with Crippen LogP contribution in [0.3, 0.4) is 0 Å². The van der Waals surface area contributed by atoms with Gasteiger partial charge in [0.2, 0.25) is 0 Å². The Morgan fingerprint density at radius 2 is 0.955 bits per heavy atom. The summed E-state index contributed by atoms with van der Waals surface area (Å²) in [5.41, 5.74) is 5.56. The van der Waals surface area contributed by atoms with Gasteiger partial charge in [-0.25, -0.2) is 0 Å². The second-order valence-corrected chi connectivity index (χ2v) is 8.41. The molecule has 0 aliphatic carbocycles. The number of thioether (sulfide) groups is 2. The first-order chi connectivity index (χ1) is 10.7. The molecule has 0 aliphatic rings. The molecule has 0 saturated heterocycles. The lowest BCUT2D eigenvalue weighted by Crippen LogP contribution is -2.07. The van der Waals surface area contributed by atoms with Gasteiger partial charge in [-0.3, -0.25) is 0 Å². The Hall–Kier alpha value is -0.860. The molecule has 0 aromatic heterocycles.